The summed E-state index contributed by atoms with van der Waals surface area (Å²) in [6.45, 7) is 6.32. The molecule has 4 heteroatoms. The second-order valence-corrected chi connectivity index (χ2v) is 4.64. The summed E-state index contributed by atoms with van der Waals surface area (Å²) >= 11 is 0. The summed E-state index contributed by atoms with van der Waals surface area (Å²) in [5.74, 6) is 0.590. The molecule has 1 atom stereocenters. The summed E-state index contributed by atoms with van der Waals surface area (Å²) in [4.78, 5) is 11.8. The molecule has 0 radical (unpaired) electrons. The number of hydrogen-bond donors (Lipinski definition) is 2. The van der Waals surface area contributed by atoms with Crippen LogP contribution in [0.3, 0.4) is 0 Å². The monoisotopic (exact) mass is 228 g/mol. The first kappa shape index (κ1) is 13.5. The van der Waals surface area contributed by atoms with Crippen molar-refractivity contribution < 1.29 is 9.53 Å². The van der Waals surface area contributed by atoms with Crippen LogP contribution in [0.25, 0.3) is 0 Å². The van der Waals surface area contributed by atoms with Crippen LogP contribution in [0.15, 0.2) is 0 Å². The van der Waals surface area contributed by atoms with E-state index in [9.17, 15) is 4.79 Å². The Kier molecular flexibility index (Phi) is 5.22. The smallest absolute Gasteiger partial charge is 0.240 e. The van der Waals surface area contributed by atoms with E-state index in [2.05, 4.69) is 5.32 Å². The van der Waals surface area contributed by atoms with Gasteiger partial charge in [-0.3, -0.25) is 4.79 Å². The van der Waals surface area contributed by atoms with E-state index < -0.39 is 5.54 Å². The Morgan fingerprint density at radius 1 is 1.50 bits per heavy atom. The number of rotatable bonds is 6. The van der Waals surface area contributed by atoms with Crippen LogP contribution in [0.5, 0.6) is 0 Å². The first-order chi connectivity index (χ1) is 7.62. The minimum absolute atomic E-state index is 0.0172. The van der Waals surface area contributed by atoms with Crippen molar-refractivity contribution in [3.63, 3.8) is 0 Å². The van der Waals surface area contributed by atoms with Crippen molar-refractivity contribution in [2.24, 2.45) is 11.7 Å². The van der Waals surface area contributed by atoms with Gasteiger partial charge in [0.2, 0.25) is 5.91 Å². The average molecular weight is 228 g/mol. The van der Waals surface area contributed by atoms with E-state index >= 15 is 0 Å². The molecule has 3 N–H and O–H groups in total. The lowest BCUT2D eigenvalue weighted by Crippen LogP contribution is -2.53. The number of carbonyl (C=O) groups excluding carboxylic acids is 1. The van der Waals surface area contributed by atoms with Gasteiger partial charge in [0.25, 0.3) is 0 Å². The molecule has 1 aliphatic heterocycles. The third-order valence-corrected chi connectivity index (χ3v) is 3.58. The Hall–Kier alpha value is -0.610. The third-order valence-electron chi connectivity index (χ3n) is 3.58. The maximum Gasteiger partial charge on any atom is 0.240 e. The van der Waals surface area contributed by atoms with Crippen LogP contribution in [0.4, 0.5) is 0 Å². The molecule has 1 amide bonds. The van der Waals surface area contributed by atoms with Gasteiger partial charge in [0.05, 0.1) is 5.54 Å². The van der Waals surface area contributed by atoms with Crippen molar-refractivity contribution in [1.82, 2.24) is 5.32 Å². The van der Waals surface area contributed by atoms with Crippen molar-refractivity contribution in [1.29, 1.82) is 0 Å². The summed E-state index contributed by atoms with van der Waals surface area (Å²) < 4.78 is 5.29. The number of nitrogens with one attached hydrogen (secondary N) is 1. The Morgan fingerprint density at radius 3 is 2.69 bits per heavy atom. The maximum atomic E-state index is 11.8. The van der Waals surface area contributed by atoms with E-state index in [0.717, 1.165) is 26.1 Å². The molecule has 0 aliphatic carbocycles. The van der Waals surface area contributed by atoms with Gasteiger partial charge < -0.3 is 15.8 Å². The number of hydrogen-bond acceptors (Lipinski definition) is 3. The summed E-state index contributed by atoms with van der Waals surface area (Å²) in [6, 6.07) is 0. The fraction of sp³-hybridized carbons (Fsp3) is 0.917. The van der Waals surface area contributed by atoms with Crippen LogP contribution < -0.4 is 11.1 Å². The lowest BCUT2D eigenvalue weighted by molar-refractivity contribution is -0.126. The highest BCUT2D eigenvalue weighted by Crippen LogP contribution is 2.16. The molecule has 16 heavy (non-hydrogen) atoms. The zero-order chi connectivity index (χ0) is 12.0. The van der Waals surface area contributed by atoms with E-state index in [-0.39, 0.29) is 5.91 Å². The molecule has 0 saturated carbocycles. The second kappa shape index (κ2) is 6.21. The molecule has 1 fully saturated rings. The van der Waals surface area contributed by atoms with Gasteiger partial charge in [0.15, 0.2) is 0 Å². The molecule has 1 rings (SSSR count). The molecule has 94 valence electrons. The highest BCUT2D eigenvalue weighted by Gasteiger charge is 2.29. The highest BCUT2D eigenvalue weighted by atomic mass is 16.5. The number of nitrogens with two attached hydrogens (primary N) is 1. The van der Waals surface area contributed by atoms with Gasteiger partial charge in [0, 0.05) is 19.8 Å². The molecule has 1 heterocycles. The second-order valence-electron chi connectivity index (χ2n) is 4.64. The zero-order valence-corrected chi connectivity index (χ0v) is 10.4. The Balaban J connectivity index is 2.23. The first-order valence-corrected chi connectivity index (χ1v) is 6.27. The average Bonchev–Trinajstić information content (AvgIpc) is 2.80. The van der Waals surface area contributed by atoms with Gasteiger partial charge in [-0.2, -0.15) is 0 Å². The quantitative estimate of drug-likeness (QED) is 0.714. The van der Waals surface area contributed by atoms with Crippen molar-refractivity contribution in [3.8, 4) is 0 Å². The SMILES string of the molecule is CCC(N)(CC)C(=O)NCCC1CCOC1. The van der Waals surface area contributed by atoms with Gasteiger partial charge in [-0.15, -0.1) is 0 Å². The fourth-order valence-corrected chi connectivity index (χ4v) is 1.95. The lowest BCUT2D eigenvalue weighted by Gasteiger charge is -2.25. The number of carbonyl (C=O) groups is 1. The van der Waals surface area contributed by atoms with Crippen molar-refractivity contribution >= 4 is 5.91 Å². The van der Waals surface area contributed by atoms with Gasteiger partial charge in [-0.25, -0.2) is 0 Å². The standard InChI is InChI=1S/C12H24N2O2/c1-3-12(13,4-2)11(15)14-7-5-10-6-8-16-9-10/h10H,3-9,13H2,1-2H3,(H,14,15). The first-order valence-electron chi connectivity index (χ1n) is 6.27. The molecule has 1 aliphatic rings. The molecule has 1 saturated heterocycles. The molecule has 0 aromatic carbocycles. The molecule has 0 aromatic heterocycles. The van der Waals surface area contributed by atoms with E-state index in [1.165, 1.54) is 0 Å². The van der Waals surface area contributed by atoms with Crippen molar-refractivity contribution in [3.05, 3.63) is 0 Å². The topological polar surface area (TPSA) is 64.4 Å². The molecular weight excluding hydrogens is 204 g/mol. The number of amides is 1. The summed E-state index contributed by atoms with van der Waals surface area (Å²) in [7, 11) is 0. The molecule has 1 unspecified atom stereocenters. The molecular formula is C12H24N2O2. The van der Waals surface area contributed by atoms with E-state index in [1.54, 1.807) is 0 Å². The van der Waals surface area contributed by atoms with Gasteiger partial charge in [-0.05, 0) is 31.6 Å². The maximum absolute atomic E-state index is 11.8. The largest absolute Gasteiger partial charge is 0.381 e. The van der Waals surface area contributed by atoms with E-state index in [0.29, 0.717) is 25.3 Å². The van der Waals surface area contributed by atoms with Crippen molar-refractivity contribution in [2.75, 3.05) is 19.8 Å². The minimum Gasteiger partial charge on any atom is -0.381 e. The van der Waals surface area contributed by atoms with Gasteiger partial charge in [-0.1, -0.05) is 13.8 Å². The minimum atomic E-state index is -0.688. The van der Waals surface area contributed by atoms with E-state index in [4.69, 9.17) is 10.5 Å². The molecule has 0 aromatic rings. The predicted molar refractivity (Wildman–Crippen MR) is 64.1 cm³/mol. The zero-order valence-electron chi connectivity index (χ0n) is 10.4. The van der Waals surface area contributed by atoms with Crippen LogP contribution >= 0.6 is 0 Å². The number of ether oxygens (including phenoxy) is 1. The Labute approximate surface area is 97.9 Å². The highest BCUT2D eigenvalue weighted by molar-refractivity contribution is 5.85. The summed E-state index contributed by atoms with van der Waals surface area (Å²) in [5.41, 5.74) is 5.31. The molecule has 0 bridgehead atoms. The van der Waals surface area contributed by atoms with Crippen LogP contribution in [0.2, 0.25) is 0 Å². The van der Waals surface area contributed by atoms with Crippen molar-refractivity contribution in [2.45, 2.75) is 45.1 Å². The summed E-state index contributed by atoms with van der Waals surface area (Å²) in [6.07, 6.45) is 3.48. The van der Waals surface area contributed by atoms with Gasteiger partial charge >= 0.3 is 0 Å². The molecule has 0 spiro atoms. The van der Waals surface area contributed by atoms with Crippen LogP contribution in [-0.4, -0.2) is 31.2 Å². The van der Waals surface area contributed by atoms with Crippen LogP contribution in [0, 0.1) is 5.92 Å². The third kappa shape index (κ3) is 3.46. The van der Waals surface area contributed by atoms with Crippen LogP contribution in [0.1, 0.15) is 39.5 Å². The van der Waals surface area contributed by atoms with Gasteiger partial charge in [0.1, 0.15) is 0 Å². The Morgan fingerprint density at radius 2 is 2.19 bits per heavy atom. The Bertz CT molecular complexity index is 221. The molecule has 4 nitrogen and oxygen atoms in total. The summed E-state index contributed by atoms with van der Waals surface area (Å²) in [5, 5.41) is 2.93. The lowest BCUT2D eigenvalue weighted by atomic mass is 9.93. The van der Waals surface area contributed by atoms with Crippen LogP contribution in [-0.2, 0) is 9.53 Å². The fourth-order valence-electron chi connectivity index (χ4n) is 1.95. The normalized spacial score (nSPS) is 21.1. The predicted octanol–water partition coefficient (Wildman–Crippen LogP) is 1.05. The van der Waals surface area contributed by atoms with E-state index in [1.807, 2.05) is 13.8 Å².